The maximum Gasteiger partial charge on any atom is 0.238 e. The first kappa shape index (κ1) is 16.3. The molecule has 1 aliphatic rings. The van der Waals surface area contributed by atoms with E-state index in [1.54, 1.807) is 12.1 Å². The summed E-state index contributed by atoms with van der Waals surface area (Å²) in [6.45, 7) is 0.418. The van der Waals surface area contributed by atoms with Gasteiger partial charge in [-0.2, -0.15) is 0 Å². The second-order valence-corrected chi connectivity index (χ2v) is 6.20. The molecule has 4 nitrogen and oxygen atoms in total. The summed E-state index contributed by atoms with van der Waals surface area (Å²) in [6.07, 6.45) is 4.65. The van der Waals surface area contributed by atoms with E-state index < -0.39 is 0 Å². The van der Waals surface area contributed by atoms with Crippen LogP contribution in [0.4, 0.5) is 5.69 Å². The molecule has 0 saturated heterocycles. The second kappa shape index (κ2) is 7.78. The highest BCUT2D eigenvalue weighted by molar-refractivity contribution is 6.30. The zero-order valence-corrected chi connectivity index (χ0v) is 13.5. The molecule has 1 saturated carbocycles. The van der Waals surface area contributed by atoms with E-state index in [9.17, 15) is 4.79 Å². The van der Waals surface area contributed by atoms with Crippen LogP contribution in [0, 0.1) is 0 Å². The zero-order chi connectivity index (χ0) is 15.2. The summed E-state index contributed by atoms with van der Waals surface area (Å²) in [4.78, 5) is 14.2. The van der Waals surface area contributed by atoms with E-state index >= 15 is 0 Å². The molecule has 1 aromatic rings. The van der Waals surface area contributed by atoms with Crippen LogP contribution in [-0.2, 0) is 4.79 Å². The van der Waals surface area contributed by atoms with E-state index in [2.05, 4.69) is 15.5 Å². The number of anilines is 1. The van der Waals surface area contributed by atoms with Gasteiger partial charge in [-0.1, -0.05) is 17.7 Å². The van der Waals surface area contributed by atoms with Gasteiger partial charge in [0.1, 0.15) is 0 Å². The van der Waals surface area contributed by atoms with Gasteiger partial charge < -0.3 is 10.6 Å². The molecule has 1 aromatic carbocycles. The third-order valence-corrected chi connectivity index (χ3v) is 4.46. The van der Waals surface area contributed by atoms with Crippen LogP contribution in [0.25, 0.3) is 0 Å². The molecule has 0 heterocycles. The Morgan fingerprint density at radius 1 is 1.33 bits per heavy atom. The third kappa shape index (κ3) is 4.99. The van der Waals surface area contributed by atoms with Gasteiger partial charge in [0.25, 0.3) is 0 Å². The first-order chi connectivity index (χ1) is 10.1. The van der Waals surface area contributed by atoms with Crippen molar-refractivity contribution in [2.24, 2.45) is 0 Å². The topological polar surface area (TPSA) is 44.4 Å². The summed E-state index contributed by atoms with van der Waals surface area (Å²) >= 11 is 5.92. The van der Waals surface area contributed by atoms with Crippen molar-refractivity contribution in [3.8, 4) is 0 Å². The Morgan fingerprint density at radius 2 is 2.05 bits per heavy atom. The molecule has 21 heavy (non-hydrogen) atoms. The van der Waals surface area contributed by atoms with Crippen molar-refractivity contribution in [2.45, 2.75) is 37.8 Å². The summed E-state index contributed by atoms with van der Waals surface area (Å²) in [6, 6.07) is 8.37. The predicted octanol–water partition coefficient (Wildman–Crippen LogP) is 2.74. The number of benzene rings is 1. The molecule has 0 atom stereocenters. The van der Waals surface area contributed by atoms with Crippen molar-refractivity contribution >= 4 is 23.2 Å². The summed E-state index contributed by atoms with van der Waals surface area (Å²) in [7, 11) is 4.05. The Hall–Kier alpha value is -1.10. The smallest absolute Gasteiger partial charge is 0.238 e. The highest BCUT2D eigenvalue weighted by atomic mass is 35.5. The van der Waals surface area contributed by atoms with Crippen molar-refractivity contribution < 1.29 is 4.79 Å². The molecule has 1 fully saturated rings. The van der Waals surface area contributed by atoms with Gasteiger partial charge in [0.2, 0.25) is 5.91 Å². The highest BCUT2D eigenvalue weighted by Gasteiger charge is 2.24. The first-order valence-electron chi connectivity index (χ1n) is 7.51. The monoisotopic (exact) mass is 309 g/mol. The number of hydrogen-bond donors (Lipinski definition) is 2. The van der Waals surface area contributed by atoms with E-state index in [0.717, 1.165) is 18.5 Å². The largest absolute Gasteiger partial charge is 0.325 e. The van der Waals surface area contributed by atoms with Gasteiger partial charge in [-0.15, -0.1) is 0 Å². The molecular weight excluding hydrogens is 286 g/mol. The van der Waals surface area contributed by atoms with Gasteiger partial charge in [-0.3, -0.25) is 9.69 Å². The fourth-order valence-electron chi connectivity index (χ4n) is 2.93. The van der Waals surface area contributed by atoms with Crippen LogP contribution in [0.2, 0.25) is 5.02 Å². The van der Waals surface area contributed by atoms with Crippen LogP contribution < -0.4 is 10.6 Å². The Balaban J connectivity index is 1.79. The van der Waals surface area contributed by atoms with Crippen molar-refractivity contribution in [1.29, 1.82) is 0 Å². The maximum absolute atomic E-state index is 12.1. The summed E-state index contributed by atoms with van der Waals surface area (Å²) in [5.41, 5.74) is 0.750. The molecule has 116 valence electrons. The lowest BCUT2D eigenvalue weighted by Crippen LogP contribution is -2.42. The van der Waals surface area contributed by atoms with E-state index in [1.807, 2.05) is 26.2 Å². The van der Waals surface area contributed by atoms with E-state index in [1.165, 1.54) is 12.8 Å². The molecule has 2 N–H and O–H groups in total. The van der Waals surface area contributed by atoms with Gasteiger partial charge in [-0.05, 0) is 58.0 Å². The Morgan fingerprint density at radius 3 is 2.67 bits per heavy atom. The number of carbonyl (C=O) groups excluding carboxylic acids is 1. The van der Waals surface area contributed by atoms with Crippen LogP contribution >= 0.6 is 11.6 Å². The van der Waals surface area contributed by atoms with Crippen LogP contribution in [0.1, 0.15) is 25.7 Å². The van der Waals surface area contributed by atoms with Crippen molar-refractivity contribution in [3.63, 3.8) is 0 Å². The van der Waals surface area contributed by atoms with Gasteiger partial charge in [0.15, 0.2) is 0 Å². The van der Waals surface area contributed by atoms with Gasteiger partial charge in [-0.25, -0.2) is 0 Å². The molecule has 0 radical (unpaired) electrons. The minimum atomic E-state index is 0.00973. The third-order valence-electron chi connectivity index (χ3n) is 4.23. The van der Waals surface area contributed by atoms with Gasteiger partial charge in [0.05, 0.1) is 6.54 Å². The van der Waals surface area contributed by atoms with Crippen LogP contribution in [0.15, 0.2) is 24.3 Å². The maximum atomic E-state index is 12.1. The van der Waals surface area contributed by atoms with Crippen molar-refractivity contribution in [3.05, 3.63) is 29.3 Å². The van der Waals surface area contributed by atoms with Gasteiger partial charge >= 0.3 is 0 Å². The normalized spacial score (nSPS) is 22.3. The number of halogens is 1. The summed E-state index contributed by atoms with van der Waals surface area (Å²) in [5.74, 6) is 0.00973. The molecule has 1 aliphatic carbocycles. The molecular formula is C16H24ClN3O. The molecule has 0 bridgehead atoms. The SMILES string of the molecule is CNC1CCC(N(C)CC(=O)Nc2cccc(Cl)c2)CC1. The summed E-state index contributed by atoms with van der Waals surface area (Å²) in [5, 5.41) is 6.86. The van der Waals surface area contributed by atoms with E-state index in [0.29, 0.717) is 23.7 Å². The Bertz CT molecular complexity index is 472. The van der Waals surface area contributed by atoms with Crippen LogP contribution in [0.3, 0.4) is 0 Å². The number of carbonyl (C=O) groups is 1. The quantitative estimate of drug-likeness (QED) is 0.879. The molecule has 0 spiro atoms. The Kier molecular flexibility index (Phi) is 6.03. The van der Waals surface area contributed by atoms with Crippen molar-refractivity contribution in [1.82, 2.24) is 10.2 Å². The summed E-state index contributed by atoms with van der Waals surface area (Å²) < 4.78 is 0. The van der Waals surface area contributed by atoms with E-state index in [4.69, 9.17) is 11.6 Å². The molecule has 1 amide bonds. The minimum absolute atomic E-state index is 0.00973. The number of nitrogens with zero attached hydrogens (tertiary/aromatic N) is 1. The fraction of sp³-hybridized carbons (Fsp3) is 0.562. The van der Waals surface area contributed by atoms with Crippen LogP contribution in [-0.4, -0.2) is 43.5 Å². The molecule has 2 rings (SSSR count). The Labute approximate surface area is 131 Å². The molecule has 0 aliphatic heterocycles. The van der Waals surface area contributed by atoms with Crippen molar-refractivity contribution in [2.75, 3.05) is 26.0 Å². The van der Waals surface area contributed by atoms with E-state index in [-0.39, 0.29) is 5.91 Å². The zero-order valence-electron chi connectivity index (χ0n) is 12.7. The number of hydrogen-bond acceptors (Lipinski definition) is 3. The highest BCUT2D eigenvalue weighted by Crippen LogP contribution is 2.22. The minimum Gasteiger partial charge on any atom is -0.325 e. The predicted molar refractivity (Wildman–Crippen MR) is 87.8 cm³/mol. The molecule has 0 unspecified atom stereocenters. The number of amides is 1. The molecule has 5 heteroatoms. The lowest BCUT2D eigenvalue weighted by molar-refractivity contribution is -0.117. The number of rotatable bonds is 5. The van der Waals surface area contributed by atoms with Crippen LogP contribution in [0.5, 0.6) is 0 Å². The van der Waals surface area contributed by atoms with Gasteiger partial charge in [0, 0.05) is 22.8 Å². The average molecular weight is 310 g/mol. The lowest BCUT2D eigenvalue weighted by atomic mass is 9.90. The fourth-order valence-corrected chi connectivity index (χ4v) is 3.12. The first-order valence-corrected chi connectivity index (χ1v) is 7.89. The standard InChI is InChI=1S/C16H24ClN3O/c1-18-13-6-8-15(9-7-13)20(2)11-16(21)19-14-5-3-4-12(17)10-14/h3-5,10,13,15,18H,6-9,11H2,1-2H3,(H,19,21). The lowest BCUT2D eigenvalue weighted by Gasteiger charge is -2.34. The number of nitrogens with one attached hydrogen (secondary N) is 2. The average Bonchev–Trinajstić information content (AvgIpc) is 2.47. The molecule has 0 aromatic heterocycles. The number of likely N-dealkylation sites (N-methyl/N-ethyl adjacent to an activating group) is 1. The second-order valence-electron chi connectivity index (χ2n) is 5.77.